The molecule has 0 radical (unpaired) electrons. The van der Waals surface area contributed by atoms with Gasteiger partial charge in [-0.25, -0.2) is 0 Å². The molecule has 1 aliphatic carbocycles. The third-order valence-electron chi connectivity index (χ3n) is 4.69. The number of rotatable bonds is 2. The average Bonchev–Trinajstić information content (AvgIpc) is 2.77. The smallest absolute Gasteiger partial charge is 0.123 e. The van der Waals surface area contributed by atoms with Gasteiger partial charge in [0.1, 0.15) is 6.29 Å². The Morgan fingerprint density at radius 2 is 1.62 bits per heavy atom. The molecule has 2 heteroatoms. The van der Waals surface area contributed by atoms with Crippen LogP contribution in [0.15, 0.2) is 36.2 Å². The van der Waals surface area contributed by atoms with E-state index in [9.17, 15) is 4.79 Å². The maximum atomic E-state index is 11.4. The predicted molar refractivity (Wildman–Crippen MR) is 88.7 cm³/mol. The molecule has 0 aromatic rings. The molecule has 0 saturated heterocycles. The Morgan fingerprint density at radius 1 is 0.905 bits per heavy atom. The quantitative estimate of drug-likeness (QED) is 0.733. The van der Waals surface area contributed by atoms with Crippen molar-refractivity contribution in [3.05, 3.63) is 36.2 Å². The molecule has 0 spiro atoms. The molecule has 2 aliphatic rings. The molecule has 1 saturated carbocycles. The fraction of sp³-hybridized carbons (Fsp3) is 0.632. The van der Waals surface area contributed by atoms with Gasteiger partial charge >= 0.3 is 0 Å². The maximum Gasteiger partial charge on any atom is 0.123 e. The maximum absolute atomic E-state index is 11.4. The van der Waals surface area contributed by atoms with Gasteiger partial charge < -0.3 is 10.1 Å². The molecule has 0 bridgehead atoms. The number of carbonyl (C=O) groups excluding carboxylic acids is 1. The van der Waals surface area contributed by atoms with Crippen LogP contribution in [0.25, 0.3) is 0 Å². The van der Waals surface area contributed by atoms with Gasteiger partial charge in [-0.15, -0.1) is 0 Å². The van der Waals surface area contributed by atoms with Gasteiger partial charge in [-0.3, -0.25) is 0 Å². The highest BCUT2D eigenvalue weighted by atomic mass is 16.1. The van der Waals surface area contributed by atoms with Crippen molar-refractivity contribution in [2.75, 3.05) is 0 Å². The lowest BCUT2D eigenvalue weighted by Gasteiger charge is -2.24. The van der Waals surface area contributed by atoms with Crippen LogP contribution in [0.5, 0.6) is 0 Å². The van der Waals surface area contributed by atoms with E-state index in [-0.39, 0.29) is 5.92 Å². The van der Waals surface area contributed by atoms with Gasteiger partial charge in [-0.2, -0.15) is 0 Å². The highest BCUT2D eigenvalue weighted by Gasteiger charge is 2.19. The van der Waals surface area contributed by atoms with Gasteiger partial charge in [0.05, 0.1) is 0 Å². The van der Waals surface area contributed by atoms with E-state index >= 15 is 0 Å². The molecule has 1 heterocycles. The predicted octanol–water partition coefficient (Wildman–Crippen LogP) is 4.89. The summed E-state index contributed by atoms with van der Waals surface area (Å²) >= 11 is 0. The summed E-state index contributed by atoms with van der Waals surface area (Å²) in [6.07, 6.45) is 24.0. The summed E-state index contributed by atoms with van der Waals surface area (Å²) in [5, 5.41) is 3.41. The van der Waals surface area contributed by atoms with E-state index in [0.717, 1.165) is 12.8 Å². The standard InChI is InChI=1S/C19H29NO/c21-16-17-11-7-4-2-1-3-5-8-12-18(15-17)19-13-9-6-10-14-20-19/h6,9-10,13-14,16-18,20H,1-5,7-8,11-12,15H2. The molecule has 116 valence electrons. The van der Waals surface area contributed by atoms with Crippen LogP contribution >= 0.6 is 0 Å². The normalized spacial score (nSPS) is 28.5. The van der Waals surface area contributed by atoms with Crippen LogP contribution < -0.4 is 5.32 Å². The molecular weight excluding hydrogens is 258 g/mol. The third kappa shape index (κ3) is 5.91. The zero-order chi connectivity index (χ0) is 14.8. The van der Waals surface area contributed by atoms with Crippen molar-refractivity contribution in [3.8, 4) is 0 Å². The summed E-state index contributed by atoms with van der Waals surface area (Å²) in [5.74, 6) is 0.723. The van der Waals surface area contributed by atoms with E-state index in [2.05, 4.69) is 17.5 Å². The summed E-state index contributed by atoms with van der Waals surface area (Å²) in [6, 6.07) is 0. The first-order valence-electron chi connectivity index (χ1n) is 8.65. The zero-order valence-electron chi connectivity index (χ0n) is 13.1. The van der Waals surface area contributed by atoms with Crippen LogP contribution in [0.3, 0.4) is 0 Å². The summed E-state index contributed by atoms with van der Waals surface area (Å²) < 4.78 is 0. The molecule has 1 N–H and O–H groups in total. The Bertz CT molecular complexity index is 394. The lowest BCUT2D eigenvalue weighted by molar-refractivity contribution is -0.111. The largest absolute Gasteiger partial charge is 0.365 e. The zero-order valence-corrected chi connectivity index (χ0v) is 13.1. The minimum atomic E-state index is 0.230. The van der Waals surface area contributed by atoms with Crippen LogP contribution in [-0.2, 0) is 4.79 Å². The molecule has 0 aromatic heterocycles. The second kappa shape index (κ2) is 9.59. The molecule has 0 amide bonds. The molecular formula is C19H29NO. The molecule has 2 nitrogen and oxygen atoms in total. The SMILES string of the molecule is O=CC1CCCCCCCCCC(C2=CC=CC=CN2)C1. The van der Waals surface area contributed by atoms with E-state index in [1.54, 1.807) is 0 Å². The monoisotopic (exact) mass is 287 g/mol. The lowest BCUT2D eigenvalue weighted by Crippen LogP contribution is -2.19. The third-order valence-corrected chi connectivity index (χ3v) is 4.69. The number of aldehydes is 1. The number of hydrogen-bond acceptors (Lipinski definition) is 2. The Hall–Kier alpha value is -1.31. The minimum absolute atomic E-state index is 0.230. The van der Waals surface area contributed by atoms with Crippen molar-refractivity contribution in [1.82, 2.24) is 5.32 Å². The van der Waals surface area contributed by atoms with Crippen molar-refractivity contribution in [2.45, 2.75) is 64.2 Å². The Labute approximate surface area is 129 Å². The number of nitrogens with one attached hydrogen (secondary N) is 1. The van der Waals surface area contributed by atoms with Crippen LogP contribution in [0.1, 0.15) is 64.2 Å². The first-order valence-corrected chi connectivity index (χ1v) is 8.65. The lowest BCUT2D eigenvalue weighted by atomic mass is 9.85. The van der Waals surface area contributed by atoms with E-state index in [1.807, 2.05) is 18.4 Å². The molecule has 2 unspecified atom stereocenters. The van der Waals surface area contributed by atoms with Gasteiger partial charge in [-0.05, 0) is 37.3 Å². The minimum Gasteiger partial charge on any atom is -0.365 e. The Kier molecular flexibility index (Phi) is 7.34. The van der Waals surface area contributed by atoms with Gasteiger partial charge in [0.15, 0.2) is 0 Å². The fourth-order valence-electron chi connectivity index (χ4n) is 3.41. The van der Waals surface area contributed by atoms with Crippen molar-refractivity contribution in [3.63, 3.8) is 0 Å². The molecule has 0 aromatic carbocycles. The second-order valence-corrected chi connectivity index (χ2v) is 6.39. The number of allylic oxidation sites excluding steroid dienone is 5. The summed E-state index contributed by atoms with van der Waals surface area (Å²) in [7, 11) is 0. The number of hydrogen-bond donors (Lipinski definition) is 1. The summed E-state index contributed by atoms with van der Waals surface area (Å²) in [5.41, 5.74) is 1.28. The Balaban J connectivity index is 2.02. The first-order chi connectivity index (χ1) is 10.4. The van der Waals surface area contributed by atoms with Crippen molar-refractivity contribution in [2.24, 2.45) is 11.8 Å². The van der Waals surface area contributed by atoms with E-state index in [0.29, 0.717) is 5.92 Å². The Morgan fingerprint density at radius 3 is 2.38 bits per heavy atom. The van der Waals surface area contributed by atoms with E-state index in [4.69, 9.17) is 0 Å². The van der Waals surface area contributed by atoms with Crippen LogP contribution in [0, 0.1) is 11.8 Å². The average molecular weight is 287 g/mol. The van der Waals surface area contributed by atoms with Gasteiger partial charge in [0, 0.05) is 17.8 Å². The van der Waals surface area contributed by atoms with Crippen LogP contribution in [0.4, 0.5) is 0 Å². The first kappa shape index (κ1) is 16.1. The van der Waals surface area contributed by atoms with E-state index < -0.39 is 0 Å². The van der Waals surface area contributed by atoms with Crippen LogP contribution in [0.2, 0.25) is 0 Å². The van der Waals surface area contributed by atoms with Crippen molar-refractivity contribution in [1.29, 1.82) is 0 Å². The fourth-order valence-corrected chi connectivity index (χ4v) is 3.41. The highest BCUT2D eigenvalue weighted by Crippen LogP contribution is 2.28. The molecule has 2 atom stereocenters. The van der Waals surface area contributed by atoms with Crippen LogP contribution in [-0.4, -0.2) is 6.29 Å². The topological polar surface area (TPSA) is 29.1 Å². The van der Waals surface area contributed by atoms with Crippen molar-refractivity contribution < 1.29 is 4.79 Å². The molecule has 1 aliphatic heterocycles. The molecule has 2 rings (SSSR count). The summed E-state index contributed by atoms with van der Waals surface area (Å²) in [6.45, 7) is 0. The second-order valence-electron chi connectivity index (χ2n) is 6.39. The number of carbonyl (C=O) groups is 1. The van der Waals surface area contributed by atoms with Gasteiger partial charge in [0.2, 0.25) is 0 Å². The molecule has 1 fully saturated rings. The molecule has 21 heavy (non-hydrogen) atoms. The van der Waals surface area contributed by atoms with Crippen molar-refractivity contribution >= 4 is 6.29 Å². The highest BCUT2D eigenvalue weighted by molar-refractivity contribution is 5.53. The van der Waals surface area contributed by atoms with Gasteiger partial charge in [0.25, 0.3) is 0 Å². The van der Waals surface area contributed by atoms with E-state index in [1.165, 1.54) is 63.3 Å². The van der Waals surface area contributed by atoms with Gasteiger partial charge in [-0.1, -0.05) is 57.1 Å². The summed E-state index contributed by atoms with van der Waals surface area (Å²) in [4.78, 5) is 11.4.